The van der Waals surface area contributed by atoms with E-state index in [-0.39, 0.29) is 17.0 Å². The number of carboxylic acid groups (broad SMARTS) is 2. The molecule has 8 nitrogen and oxygen atoms in total. The number of aromatic carboxylic acids is 2. The van der Waals surface area contributed by atoms with E-state index in [1.807, 2.05) is 91.0 Å². The van der Waals surface area contributed by atoms with E-state index in [1.54, 1.807) is 12.1 Å². The number of aromatic nitrogens is 1. The molecular weight excluding hydrogens is 769 g/mol. The van der Waals surface area contributed by atoms with Gasteiger partial charge in [-0.05, 0) is 82.5 Å². The SMILES string of the molecule is O=C(O)c1ccc(/C=C/C2=CC3=NC/2=C(/c2ccccc2)C2=NC(=C(c4ccccc4)c4ccc([nH]4)C(c4ccccc4)C4=N/C(=C\3c3ccccc3)C=C4)C=C2)cc1C(=O)O. The van der Waals surface area contributed by atoms with Crippen LogP contribution in [0.1, 0.15) is 65.8 Å². The number of rotatable bonds is 8. The van der Waals surface area contributed by atoms with Gasteiger partial charge in [-0.25, -0.2) is 19.6 Å². The summed E-state index contributed by atoms with van der Waals surface area (Å²) in [7, 11) is 0. The van der Waals surface area contributed by atoms with Crippen LogP contribution in [-0.2, 0) is 0 Å². The molecule has 0 saturated carbocycles. The van der Waals surface area contributed by atoms with Crippen LogP contribution in [0.15, 0.2) is 226 Å². The van der Waals surface area contributed by atoms with Gasteiger partial charge in [-0.3, -0.25) is 4.99 Å². The van der Waals surface area contributed by atoms with E-state index in [9.17, 15) is 19.8 Å². The first-order chi connectivity index (χ1) is 30.4. The van der Waals surface area contributed by atoms with E-state index in [4.69, 9.17) is 15.0 Å². The Morgan fingerprint density at radius 2 is 1.13 bits per heavy atom. The molecule has 6 aromatic rings. The minimum Gasteiger partial charge on any atom is -0.478 e. The second-order valence-corrected chi connectivity index (χ2v) is 15.1. The van der Waals surface area contributed by atoms with Crippen molar-refractivity contribution < 1.29 is 19.8 Å². The van der Waals surface area contributed by atoms with Crippen LogP contribution in [0.25, 0.3) is 22.8 Å². The molecule has 0 saturated heterocycles. The lowest BCUT2D eigenvalue weighted by molar-refractivity contribution is 0.0651. The predicted octanol–water partition coefficient (Wildman–Crippen LogP) is 11.3. The van der Waals surface area contributed by atoms with Crippen LogP contribution in [0.2, 0.25) is 0 Å². The zero-order valence-electron chi connectivity index (χ0n) is 33.1. The van der Waals surface area contributed by atoms with Gasteiger partial charge in [0.05, 0.1) is 51.3 Å². The van der Waals surface area contributed by atoms with Gasteiger partial charge < -0.3 is 15.2 Å². The van der Waals surface area contributed by atoms with Crippen molar-refractivity contribution in [3.8, 4) is 0 Å². The van der Waals surface area contributed by atoms with Gasteiger partial charge in [-0.15, -0.1) is 0 Å². The Morgan fingerprint density at radius 3 is 1.79 bits per heavy atom. The number of aliphatic imine (C=N–C) groups is 3. The fraction of sp³-hybridized carbons (Fsp3) is 0.0185. The highest BCUT2D eigenvalue weighted by Crippen LogP contribution is 2.41. The largest absolute Gasteiger partial charge is 0.478 e. The lowest BCUT2D eigenvalue weighted by Gasteiger charge is -2.17. The van der Waals surface area contributed by atoms with Gasteiger partial charge in [0, 0.05) is 33.7 Å². The monoisotopic (exact) mass is 804 g/mol. The van der Waals surface area contributed by atoms with Crippen molar-refractivity contribution in [3.63, 3.8) is 0 Å². The average molecular weight is 805 g/mol. The maximum Gasteiger partial charge on any atom is 0.336 e. The van der Waals surface area contributed by atoms with Gasteiger partial charge in [0.15, 0.2) is 0 Å². The van der Waals surface area contributed by atoms with Gasteiger partial charge in [0.2, 0.25) is 0 Å². The number of hydrogen-bond donors (Lipinski definition) is 3. The highest BCUT2D eigenvalue weighted by molar-refractivity contribution is 6.36. The average Bonchev–Trinajstić information content (AvgIpc) is 4.15. The fourth-order valence-electron chi connectivity index (χ4n) is 8.39. The molecule has 62 heavy (non-hydrogen) atoms. The van der Waals surface area contributed by atoms with Crippen molar-refractivity contribution in [2.75, 3.05) is 0 Å². The number of benzene rings is 5. The van der Waals surface area contributed by atoms with Crippen molar-refractivity contribution in [1.82, 2.24) is 4.98 Å². The molecule has 0 amide bonds. The molecule has 0 fully saturated rings. The van der Waals surface area contributed by atoms with Crippen LogP contribution in [-0.4, -0.2) is 44.3 Å². The topological polar surface area (TPSA) is 127 Å². The zero-order valence-corrected chi connectivity index (χ0v) is 33.1. The van der Waals surface area contributed by atoms with Gasteiger partial charge in [0.25, 0.3) is 0 Å². The number of nitrogens with zero attached hydrogens (tertiary/aromatic N) is 3. The van der Waals surface area contributed by atoms with Crippen LogP contribution in [0.3, 0.4) is 0 Å². The molecule has 1 unspecified atom stereocenters. The second-order valence-electron chi connectivity index (χ2n) is 15.1. The van der Waals surface area contributed by atoms with E-state index in [0.717, 1.165) is 73.0 Å². The van der Waals surface area contributed by atoms with E-state index in [0.29, 0.717) is 22.7 Å². The first-order valence-corrected chi connectivity index (χ1v) is 20.2. The molecule has 8 heteroatoms. The first-order valence-electron chi connectivity index (χ1n) is 20.2. The molecule has 3 N–H and O–H groups in total. The van der Waals surface area contributed by atoms with Crippen LogP contribution in [0.4, 0.5) is 0 Å². The number of carbonyl (C=O) groups is 2. The quantitative estimate of drug-likeness (QED) is 0.141. The molecule has 5 heterocycles. The molecule has 296 valence electrons. The van der Waals surface area contributed by atoms with Gasteiger partial charge in [-0.2, -0.15) is 0 Å². The number of nitrogens with one attached hydrogen (secondary N) is 1. The Balaban J connectivity index is 1.27. The molecule has 1 atom stereocenters. The van der Waals surface area contributed by atoms with E-state index in [2.05, 4.69) is 83.9 Å². The third-order valence-corrected chi connectivity index (χ3v) is 11.2. The number of carboxylic acids is 2. The standard InChI is InChI=1S/C54H36N4O4/c59-53(60)39-24-22-33(31-40(39)54(61)62)21-23-38-32-47-50(36-17-9-3-10-18-36)45-28-27-43(56-45)48(34-13-5-1-6-14-34)41-25-26-42(55-41)49(35-15-7-2-8-16-35)44-29-30-46(57-44)51(52(38)58-47)37-19-11-4-12-20-37/h1-32,48,55H,(H,59,60)(H,61,62)/b23-21+,49-44?,50-45-,52-51-. The van der Waals surface area contributed by atoms with Gasteiger partial charge >= 0.3 is 11.9 Å². The number of aromatic amines is 1. The molecule has 10 rings (SSSR count). The maximum atomic E-state index is 12.2. The molecule has 8 bridgehead atoms. The number of fused-ring (bicyclic) bond motifs is 5. The number of allylic oxidation sites excluding steroid dienone is 8. The van der Waals surface area contributed by atoms with Crippen molar-refractivity contribution in [1.29, 1.82) is 0 Å². The minimum absolute atomic E-state index is 0.216. The molecule has 5 aromatic carbocycles. The summed E-state index contributed by atoms with van der Waals surface area (Å²) in [5.74, 6) is -2.85. The Hall–Kier alpha value is -8.49. The van der Waals surface area contributed by atoms with E-state index >= 15 is 0 Å². The Bertz CT molecular complexity index is 3140. The number of hydrogen-bond acceptors (Lipinski definition) is 5. The van der Waals surface area contributed by atoms with Crippen molar-refractivity contribution in [2.24, 2.45) is 15.0 Å². The van der Waals surface area contributed by atoms with Gasteiger partial charge in [0.1, 0.15) is 0 Å². The molecule has 0 radical (unpaired) electrons. The van der Waals surface area contributed by atoms with E-state index in [1.165, 1.54) is 12.1 Å². The lowest BCUT2D eigenvalue weighted by atomic mass is 9.91. The van der Waals surface area contributed by atoms with E-state index < -0.39 is 11.9 Å². The van der Waals surface area contributed by atoms with Crippen molar-refractivity contribution >= 4 is 51.9 Å². The molecule has 4 aliphatic heterocycles. The first kappa shape index (κ1) is 37.8. The van der Waals surface area contributed by atoms with Crippen LogP contribution in [0.5, 0.6) is 0 Å². The van der Waals surface area contributed by atoms with Gasteiger partial charge in [-0.1, -0.05) is 140 Å². The summed E-state index contributed by atoms with van der Waals surface area (Å²) < 4.78 is 0. The van der Waals surface area contributed by atoms with Crippen molar-refractivity contribution in [2.45, 2.75) is 5.92 Å². The summed E-state index contributed by atoms with van der Waals surface area (Å²) in [6.45, 7) is 0. The van der Waals surface area contributed by atoms with Crippen LogP contribution >= 0.6 is 0 Å². The third kappa shape index (κ3) is 7.05. The Morgan fingerprint density at radius 1 is 0.532 bits per heavy atom. The molecule has 0 spiro atoms. The molecular formula is C54H36N4O4. The summed E-state index contributed by atoms with van der Waals surface area (Å²) in [5, 5.41) is 19.6. The fourth-order valence-corrected chi connectivity index (χ4v) is 8.39. The van der Waals surface area contributed by atoms with Crippen LogP contribution < -0.4 is 0 Å². The summed E-state index contributed by atoms with van der Waals surface area (Å²) in [5.41, 5.74) is 13.6. The Labute approximate surface area is 357 Å². The summed E-state index contributed by atoms with van der Waals surface area (Å²) >= 11 is 0. The number of H-pyrrole nitrogens is 1. The normalized spacial score (nSPS) is 19.1. The highest BCUT2D eigenvalue weighted by atomic mass is 16.4. The Kier molecular flexibility index (Phi) is 9.70. The summed E-state index contributed by atoms with van der Waals surface area (Å²) in [4.78, 5) is 44.2. The van der Waals surface area contributed by atoms with Crippen molar-refractivity contribution in [3.05, 3.63) is 261 Å². The lowest BCUT2D eigenvalue weighted by Crippen LogP contribution is -2.12. The molecule has 0 aliphatic carbocycles. The smallest absolute Gasteiger partial charge is 0.336 e. The molecule has 1 aromatic heterocycles. The third-order valence-electron chi connectivity index (χ3n) is 11.2. The van der Waals surface area contributed by atoms with Crippen LogP contribution in [0, 0.1) is 0 Å². The predicted molar refractivity (Wildman–Crippen MR) is 246 cm³/mol. The summed E-state index contributed by atoms with van der Waals surface area (Å²) in [6.07, 6.45) is 14.0. The molecule has 4 aliphatic rings. The summed E-state index contributed by atoms with van der Waals surface area (Å²) in [6, 6.07) is 49.4. The maximum absolute atomic E-state index is 12.2. The highest BCUT2D eigenvalue weighted by Gasteiger charge is 2.30. The second kappa shape index (κ2) is 15.9. The zero-order chi connectivity index (χ0) is 42.2. The minimum atomic E-state index is -1.32.